The Morgan fingerprint density at radius 2 is 0.456 bits per heavy atom. The molecule has 0 N–H and O–H groups in total. The van der Waals surface area contributed by atoms with E-state index in [1.54, 1.807) is 0 Å². The Bertz CT molecular complexity index is 1360. The molecule has 0 fully saturated rings. The summed E-state index contributed by atoms with van der Waals surface area (Å²) in [6, 6.07) is 0. The molecule has 6 nitrogen and oxygen atoms in total. The normalized spacial score (nSPS) is 12.3. The number of rotatable bonds is 65. The number of carbonyl (C=O) groups excluding carboxylic acids is 3. The van der Waals surface area contributed by atoms with E-state index in [-0.39, 0.29) is 31.1 Å². The quantitative estimate of drug-likeness (QED) is 0.0261. The number of allylic oxidation sites excluding steroid dienone is 8. The molecule has 0 aliphatic rings. The number of hydrogen-bond donors (Lipinski definition) is 0. The second-order valence-corrected chi connectivity index (χ2v) is 23.8. The molecule has 0 aliphatic heterocycles. The Kier molecular flexibility index (Phi) is 65.6. The van der Waals surface area contributed by atoms with Crippen LogP contribution in [-0.2, 0) is 28.6 Å². The summed E-state index contributed by atoms with van der Waals surface area (Å²) in [6.45, 7) is 6.68. The van der Waals surface area contributed by atoms with Crippen molar-refractivity contribution in [3.8, 4) is 0 Å². The average molecular weight is 1110 g/mol. The van der Waals surface area contributed by atoms with Gasteiger partial charge in [-0.15, -0.1) is 0 Å². The summed E-state index contributed by atoms with van der Waals surface area (Å²) in [6.07, 6.45) is 85.5. The van der Waals surface area contributed by atoms with Gasteiger partial charge in [0.1, 0.15) is 13.2 Å². The predicted octanol–water partition coefficient (Wildman–Crippen LogP) is 24.1. The average Bonchev–Trinajstić information content (AvgIpc) is 3.45. The third-order valence-corrected chi connectivity index (χ3v) is 15.8. The van der Waals surface area contributed by atoms with E-state index in [0.29, 0.717) is 19.3 Å². The fourth-order valence-corrected chi connectivity index (χ4v) is 10.5. The zero-order valence-corrected chi connectivity index (χ0v) is 53.2. The molecule has 0 saturated carbocycles. The summed E-state index contributed by atoms with van der Waals surface area (Å²) in [7, 11) is 0. The van der Waals surface area contributed by atoms with E-state index >= 15 is 0 Å². The Balaban J connectivity index is 4.33. The van der Waals surface area contributed by atoms with Gasteiger partial charge in [-0.3, -0.25) is 14.4 Å². The van der Waals surface area contributed by atoms with Gasteiger partial charge in [0.15, 0.2) is 6.10 Å². The van der Waals surface area contributed by atoms with Crippen molar-refractivity contribution >= 4 is 17.9 Å². The van der Waals surface area contributed by atoms with E-state index < -0.39 is 6.10 Å². The highest BCUT2D eigenvalue weighted by Crippen LogP contribution is 2.17. The molecule has 0 radical (unpaired) electrons. The first kappa shape index (κ1) is 76.4. The molecule has 1 atom stereocenters. The van der Waals surface area contributed by atoms with Crippen LogP contribution in [0, 0.1) is 0 Å². The first-order valence-electron chi connectivity index (χ1n) is 35.1. The van der Waals surface area contributed by atoms with Crippen molar-refractivity contribution in [2.45, 2.75) is 386 Å². The number of unbranched alkanes of at least 4 members (excludes halogenated alkanes) is 46. The second-order valence-electron chi connectivity index (χ2n) is 23.8. The van der Waals surface area contributed by atoms with Crippen LogP contribution < -0.4 is 0 Å². The van der Waals surface area contributed by atoms with E-state index in [0.717, 1.165) is 64.2 Å². The van der Waals surface area contributed by atoms with Crippen LogP contribution in [0.3, 0.4) is 0 Å². The molecule has 79 heavy (non-hydrogen) atoms. The molecule has 0 bridgehead atoms. The van der Waals surface area contributed by atoms with Crippen LogP contribution in [0.2, 0.25) is 0 Å². The highest BCUT2D eigenvalue weighted by Gasteiger charge is 2.19. The molecule has 0 aromatic carbocycles. The first-order valence-corrected chi connectivity index (χ1v) is 35.1. The van der Waals surface area contributed by atoms with Gasteiger partial charge in [-0.25, -0.2) is 0 Å². The molecular formula is C73H134O6. The van der Waals surface area contributed by atoms with Gasteiger partial charge in [0.2, 0.25) is 0 Å². The SMILES string of the molecule is CCCCCCC/C=C\C/C=C\CCCCCCCCCCCC(=O)OC(COC(=O)CCCCCCCCC/C=C\CCCCCCCC)COC(=O)CCCCCCCCCCCCC/C=C\CCCCCCCCCC. The van der Waals surface area contributed by atoms with Gasteiger partial charge in [-0.05, 0) is 103 Å². The molecule has 0 aliphatic carbocycles. The van der Waals surface area contributed by atoms with Gasteiger partial charge in [-0.2, -0.15) is 0 Å². The number of esters is 3. The first-order chi connectivity index (χ1) is 39.0. The van der Waals surface area contributed by atoms with Gasteiger partial charge in [0, 0.05) is 19.3 Å². The summed E-state index contributed by atoms with van der Waals surface area (Å²) in [4.78, 5) is 38.5. The summed E-state index contributed by atoms with van der Waals surface area (Å²) in [5, 5.41) is 0. The topological polar surface area (TPSA) is 78.9 Å². The molecule has 462 valence electrons. The summed E-state index contributed by atoms with van der Waals surface area (Å²) >= 11 is 0. The van der Waals surface area contributed by atoms with E-state index in [9.17, 15) is 14.4 Å². The molecule has 0 saturated heterocycles. The Morgan fingerprint density at radius 3 is 0.709 bits per heavy atom. The monoisotopic (exact) mass is 1110 g/mol. The van der Waals surface area contributed by atoms with E-state index in [4.69, 9.17) is 14.2 Å². The van der Waals surface area contributed by atoms with Gasteiger partial charge < -0.3 is 14.2 Å². The number of carbonyl (C=O) groups is 3. The fourth-order valence-electron chi connectivity index (χ4n) is 10.5. The maximum atomic E-state index is 13.0. The fraction of sp³-hybridized carbons (Fsp3) is 0.849. The zero-order valence-electron chi connectivity index (χ0n) is 53.2. The smallest absolute Gasteiger partial charge is 0.306 e. The van der Waals surface area contributed by atoms with E-state index in [1.807, 2.05) is 0 Å². The van der Waals surface area contributed by atoms with Crippen molar-refractivity contribution in [2.75, 3.05) is 13.2 Å². The van der Waals surface area contributed by atoms with Gasteiger partial charge in [0.05, 0.1) is 0 Å². The Morgan fingerprint density at radius 1 is 0.253 bits per heavy atom. The second kappa shape index (κ2) is 67.9. The van der Waals surface area contributed by atoms with Gasteiger partial charge in [-0.1, -0.05) is 307 Å². The molecular weight excluding hydrogens is 973 g/mol. The minimum absolute atomic E-state index is 0.0736. The lowest BCUT2D eigenvalue weighted by Gasteiger charge is -2.18. The molecule has 6 heteroatoms. The Hall–Kier alpha value is -2.63. The van der Waals surface area contributed by atoms with Crippen LogP contribution in [0.4, 0.5) is 0 Å². The lowest BCUT2D eigenvalue weighted by Crippen LogP contribution is -2.30. The highest BCUT2D eigenvalue weighted by molar-refractivity contribution is 5.71. The Labute approximate surface area is 492 Å². The lowest BCUT2D eigenvalue weighted by atomic mass is 10.0. The van der Waals surface area contributed by atoms with Gasteiger partial charge in [0.25, 0.3) is 0 Å². The molecule has 1 unspecified atom stereocenters. The van der Waals surface area contributed by atoms with Crippen LogP contribution in [0.15, 0.2) is 48.6 Å². The van der Waals surface area contributed by atoms with Crippen molar-refractivity contribution in [3.63, 3.8) is 0 Å². The summed E-state index contributed by atoms with van der Waals surface area (Å²) in [5.74, 6) is -0.858. The third kappa shape index (κ3) is 66.1. The van der Waals surface area contributed by atoms with Crippen LogP contribution in [-0.4, -0.2) is 37.2 Å². The molecule has 0 spiro atoms. The maximum Gasteiger partial charge on any atom is 0.306 e. The minimum Gasteiger partial charge on any atom is -0.462 e. The van der Waals surface area contributed by atoms with Crippen molar-refractivity contribution in [1.82, 2.24) is 0 Å². The summed E-state index contributed by atoms with van der Waals surface area (Å²) < 4.78 is 17.0. The molecule has 0 heterocycles. The van der Waals surface area contributed by atoms with E-state index in [1.165, 1.54) is 276 Å². The van der Waals surface area contributed by atoms with E-state index in [2.05, 4.69) is 69.4 Å². The zero-order chi connectivity index (χ0) is 57.1. The molecule has 0 aromatic heterocycles. The van der Waals surface area contributed by atoms with Crippen LogP contribution in [0.25, 0.3) is 0 Å². The van der Waals surface area contributed by atoms with Crippen molar-refractivity contribution in [1.29, 1.82) is 0 Å². The third-order valence-electron chi connectivity index (χ3n) is 15.8. The summed E-state index contributed by atoms with van der Waals surface area (Å²) in [5.41, 5.74) is 0. The predicted molar refractivity (Wildman–Crippen MR) is 344 cm³/mol. The van der Waals surface area contributed by atoms with Crippen LogP contribution in [0.1, 0.15) is 380 Å². The largest absolute Gasteiger partial charge is 0.462 e. The van der Waals surface area contributed by atoms with Crippen molar-refractivity contribution < 1.29 is 28.6 Å². The minimum atomic E-state index is -0.778. The standard InChI is InChI=1S/C73H134O6/c1-4-7-10-13-16-19-22-25-28-31-33-35-36-38-39-42-45-48-51-54-57-60-63-66-72(75)78-69-70(68-77-71(74)65-62-59-56-53-50-47-44-41-30-27-24-21-18-15-12-9-6-3)79-73(76)67-64-61-58-55-52-49-46-43-40-37-34-32-29-26-23-20-17-14-11-8-5-2/h23,26-27,30-34,70H,4-22,24-25,28-29,35-69H2,1-3H3/b26-23-,30-27-,33-31-,34-32-. The number of ether oxygens (including phenoxy) is 3. The van der Waals surface area contributed by atoms with Crippen LogP contribution >= 0.6 is 0 Å². The molecule has 0 amide bonds. The van der Waals surface area contributed by atoms with Crippen LogP contribution in [0.5, 0.6) is 0 Å². The number of hydrogen-bond acceptors (Lipinski definition) is 6. The highest BCUT2D eigenvalue weighted by atomic mass is 16.6. The van der Waals surface area contributed by atoms with Gasteiger partial charge >= 0.3 is 17.9 Å². The lowest BCUT2D eigenvalue weighted by molar-refractivity contribution is -0.167. The van der Waals surface area contributed by atoms with Crippen molar-refractivity contribution in [2.24, 2.45) is 0 Å². The molecule has 0 aromatic rings. The maximum absolute atomic E-state index is 13.0. The molecule has 0 rings (SSSR count). The van der Waals surface area contributed by atoms with Crippen molar-refractivity contribution in [3.05, 3.63) is 48.6 Å².